The molecular weight excluding hydrogens is 461 g/mol. The molecule has 1 aliphatic heterocycles. The fourth-order valence-electron chi connectivity index (χ4n) is 4.24. The van der Waals surface area contributed by atoms with E-state index in [1.54, 1.807) is 25.7 Å². The van der Waals surface area contributed by atoms with Crippen LogP contribution < -0.4 is 9.64 Å². The first kappa shape index (κ1) is 26.4. The first-order valence-electron chi connectivity index (χ1n) is 11.5. The van der Waals surface area contributed by atoms with Crippen molar-refractivity contribution in [3.63, 3.8) is 0 Å². The maximum absolute atomic E-state index is 13.1. The number of carbonyl (C=O) groups excluding carboxylic acids is 2. The van der Waals surface area contributed by atoms with E-state index in [-0.39, 0.29) is 18.7 Å². The van der Waals surface area contributed by atoms with Crippen LogP contribution in [0.3, 0.4) is 0 Å². The van der Waals surface area contributed by atoms with Crippen molar-refractivity contribution in [3.8, 4) is 5.75 Å². The van der Waals surface area contributed by atoms with Crippen LogP contribution in [0.15, 0.2) is 36.4 Å². The van der Waals surface area contributed by atoms with Gasteiger partial charge < -0.3 is 14.4 Å². The van der Waals surface area contributed by atoms with Crippen molar-refractivity contribution in [1.29, 1.82) is 0 Å². The molecular formula is C26H31F3N2O4. The van der Waals surface area contributed by atoms with Gasteiger partial charge in [-0.05, 0) is 82.5 Å². The normalized spacial score (nSPS) is 16.6. The number of halogens is 3. The quantitative estimate of drug-likeness (QED) is 0.454. The van der Waals surface area contributed by atoms with Crippen molar-refractivity contribution in [1.82, 2.24) is 4.90 Å². The molecule has 0 bridgehead atoms. The molecule has 1 saturated heterocycles. The number of amides is 2. The third kappa shape index (κ3) is 5.71. The van der Waals surface area contributed by atoms with Crippen molar-refractivity contribution in [3.05, 3.63) is 58.7 Å². The lowest BCUT2D eigenvalue weighted by Gasteiger charge is -2.27. The number of hydrogen-bond donors (Lipinski definition) is 0. The van der Waals surface area contributed by atoms with Crippen molar-refractivity contribution in [2.24, 2.45) is 0 Å². The number of alkyl halides is 3. The molecule has 0 saturated carbocycles. The zero-order valence-electron chi connectivity index (χ0n) is 20.8. The van der Waals surface area contributed by atoms with Crippen LogP contribution in [0.2, 0.25) is 0 Å². The highest BCUT2D eigenvalue weighted by Gasteiger charge is 2.37. The van der Waals surface area contributed by atoms with Gasteiger partial charge in [-0.2, -0.15) is 13.2 Å². The zero-order valence-corrected chi connectivity index (χ0v) is 20.8. The van der Waals surface area contributed by atoms with Crippen LogP contribution in [0.25, 0.3) is 0 Å². The van der Waals surface area contributed by atoms with E-state index in [0.717, 1.165) is 28.8 Å². The monoisotopic (exact) mass is 492 g/mol. The van der Waals surface area contributed by atoms with Gasteiger partial charge in [-0.3, -0.25) is 4.90 Å². The number of benzene rings is 2. The minimum Gasteiger partial charge on any atom is -0.476 e. The Hall–Kier alpha value is -3.23. The highest BCUT2D eigenvalue weighted by atomic mass is 19.4. The molecule has 2 aromatic rings. The topological polar surface area (TPSA) is 59.1 Å². The summed E-state index contributed by atoms with van der Waals surface area (Å²) in [4.78, 5) is 28.5. The average Bonchev–Trinajstić information content (AvgIpc) is 3.03. The first-order chi connectivity index (χ1) is 16.2. The predicted molar refractivity (Wildman–Crippen MR) is 126 cm³/mol. The highest BCUT2D eigenvalue weighted by Crippen LogP contribution is 2.33. The van der Waals surface area contributed by atoms with Crippen LogP contribution in [0.1, 0.15) is 49.9 Å². The van der Waals surface area contributed by atoms with E-state index in [1.807, 2.05) is 32.9 Å². The number of hydrogen-bond acceptors (Lipinski definition) is 4. The standard InChI is InChI=1S/C26H31F3N2O4/c1-7-34-23(32)25(5,6)35-22-16(2)12-19(13-17(22)3)15-30-14-18(4)31(24(30)33)21-10-8-20(9-11-21)26(27,28)29/h8-13,18H,7,14-15H2,1-6H3. The lowest BCUT2D eigenvalue weighted by Crippen LogP contribution is -2.40. The number of esters is 1. The number of carbonyl (C=O) groups is 2. The number of aryl methyl sites for hydroxylation is 2. The van der Waals surface area contributed by atoms with Crippen molar-refractivity contribution >= 4 is 17.7 Å². The van der Waals surface area contributed by atoms with Gasteiger partial charge in [-0.1, -0.05) is 12.1 Å². The fraction of sp³-hybridized carbons (Fsp3) is 0.462. The molecule has 0 aromatic heterocycles. The summed E-state index contributed by atoms with van der Waals surface area (Å²) in [5.41, 5.74) is 1.03. The third-order valence-corrected chi connectivity index (χ3v) is 5.89. The minimum atomic E-state index is -4.43. The number of ether oxygens (including phenoxy) is 2. The van der Waals surface area contributed by atoms with Crippen LogP contribution in [0.5, 0.6) is 5.75 Å². The smallest absolute Gasteiger partial charge is 0.416 e. The molecule has 3 rings (SSSR count). The van der Waals surface area contributed by atoms with E-state index in [2.05, 4.69) is 0 Å². The van der Waals surface area contributed by atoms with E-state index in [0.29, 0.717) is 24.5 Å². The molecule has 0 N–H and O–H groups in total. The lowest BCUT2D eigenvalue weighted by molar-refractivity contribution is -0.158. The molecule has 0 aliphatic carbocycles. The third-order valence-electron chi connectivity index (χ3n) is 5.89. The second-order valence-electron chi connectivity index (χ2n) is 9.32. The average molecular weight is 493 g/mol. The molecule has 2 amide bonds. The molecule has 2 aromatic carbocycles. The van der Waals surface area contributed by atoms with E-state index in [1.165, 1.54) is 17.0 Å². The molecule has 1 heterocycles. The van der Waals surface area contributed by atoms with Gasteiger partial charge in [0.15, 0.2) is 5.60 Å². The summed E-state index contributed by atoms with van der Waals surface area (Å²) in [6, 6.07) is 7.97. The Morgan fingerprint density at radius 2 is 1.66 bits per heavy atom. The molecule has 35 heavy (non-hydrogen) atoms. The first-order valence-corrected chi connectivity index (χ1v) is 11.5. The molecule has 9 heteroatoms. The Morgan fingerprint density at radius 1 is 1.09 bits per heavy atom. The van der Waals surface area contributed by atoms with Crippen molar-refractivity contribution in [2.75, 3.05) is 18.1 Å². The van der Waals surface area contributed by atoms with Gasteiger partial charge in [0, 0.05) is 18.8 Å². The van der Waals surface area contributed by atoms with E-state index >= 15 is 0 Å². The van der Waals surface area contributed by atoms with Gasteiger partial charge in [0.2, 0.25) is 0 Å². The molecule has 1 atom stereocenters. The van der Waals surface area contributed by atoms with Crippen molar-refractivity contribution in [2.45, 2.75) is 65.9 Å². The molecule has 190 valence electrons. The highest BCUT2D eigenvalue weighted by molar-refractivity contribution is 5.95. The van der Waals surface area contributed by atoms with Gasteiger partial charge in [0.05, 0.1) is 18.2 Å². The molecule has 1 fully saturated rings. The largest absolute Gasteiger partial charge is 0.476 e. The minimum absolute atomic E-state index is 0.200. The van der Waals surface area contributed by atoms with Crippen LogP contribution in [0, 0.1) is 13.8 Å². The van der Waals surface area contributed by atoms with Gasteiger partial charge >= 0.3 is 18.2 Å². The van der Waals surface area contributed by atoms with Crippen LogP contribution in [-0.2, 0) is 22.3 Å². The van der Waals surface area contributed by atoms with Gasteiger partial charge in [0.1, 0.15) is 5.75 Å². The summed E-state index contributed by atoms with van der Waals surface area (Å²) in [6.07, 6.45) is -4.43. The molecule has 1 aliphatic rings. The van der Waals surface area contributed by atoms with Gasteiger partial charge in [-0.25, -0.2) is 9.59 Å². The number of rotatable bonds is 7. The Labute approximate surface area is 203 Å². The second kappa shape index (κ2) is 9.79. The predicted octanol–water partition coefficient (Wildman–Crippen LogP) is 5.87. The summed E-state index contributed by atoms with van der Waals surface area (Å²) >= 11 is 0. The zero-order chi connectivity index (χ0) is 26.1. The lowest BCUT2D eigenvalue weighted by atomic mass is 10.0. The van der Waals surface area contributed by atoms with E-state index < -0.39 is 23.3 Å². The SMILES string of the molecule is CCOC(=O)C(C)(C)Oc1c(C)cc(CN2CC(C)N(c3ccc(C(F)(F)F)cc3)C2=O)cc1C. The summed E-state index contributed by atoms with van der Waals surface area (Å²) in [5, 5.41) is 0. The molecule has 1 unspecified atom stereocenters. The number of urea groups is 1. The van der Waals surface area contributed by atoms with E-state index in [9.17, 15) is 22.8 Å². The Bertz CT molecular complexity index is 1070. The molecule has 0 radical (unpaired) electrons. The van der Waals surface area contributed by atoms with Gasteiger partial charge in [-0.15, -0.1) is 0 Å². The van der Waals surface area contributed by atoms with E-state index in [4.69, 9.17) is 9.47 Å². The summed E-state index contributed by atoms with van der Waals surface area (Å²) in [5.74, 6) is 0.127. The maximum Gasteiger partial charge on any atom is 0.416 e. The van der Waals surface area contributed by atoms with Gasteiger partial charge in [0.25, 0.3) is 0 Å². The summed E-state index contributed by atoms with van der Waals surface area (Å²) < 4.78 is 49.8. The fourth-order valence-corrected chi connectivity index (χ4v) is 4.24. The summed E-state index contributed by atoms with van der Waals surface area (Å²) in [7, 11) is 0. The van der Waals surface area contributed by atoms with Crippen LogP contribution in [-0.4, -0.2) is 41.7 Å². The number of nitrogens with zero attached hydrogens (tertiary/aromatic N) is 2. The Morgan fingerprint density at radius 3 is 2.17 bits per heavy atom. The second-order valence-corrected chi connectivity index (χ2v) is 9.32. The summed E-state index contributed by atoms with van der Waals surface area (Å²) in [6.45, 7) is 11.7. The molecule has 6 nitrogen and oxygen atoms in total. The van der Waals surface area contributed by atoms with Crippen molar-refractivity contribution < 1.29 is 32.2 Å². The maximum atomic E-state index is 13.1. The Balaban J connectivity index is 1.76. The van der Waals surface area contributed by atoms with Crippen LogP contribution >= 0.6 is 0 Å². The molecule has 0 spiro atoms. The van der Waals surface area contributed by atoms with Crippen LogP contribution in [0.4, 0.5) is 23.7 Å². The number of anilines is 1. The Kier molecular flexibility index (Phi) is 7.38.